The monoisotopic (exact) mass is 497 g/mol. The SMILES string of the molecule is COc1cc2[nH]c(N(C)Cc3cccc(C(=O)N(C)CCCN(C)C)c3)nc(=O)c2c(OC)c1OC. The van der Waals surface area contributed by atoms with Crippen molar-refractivity contribution >= 4 is 22.8 Å². The number of aromatic nitrogens is 2. The fourth-order valence-corrected chi connectivity index (χ4v) is 4.05. The lowest BCUT2D eigenvalue weighted by Gasteiger charge is -2.21. The number of rotatable bonds is 11. The van der Waals surface area contributed by atoms with Crippen molar-refractivity contribution in [2.75, 3.05) is 67.5 Å². The smallest absolute Gasteiger partial charge is 0.286 e. The predicted molar refractivity (Wildman–Crippen MR) is 141 cm³/mol. The summed E-state index contributed by atoms with van der Waals surface area (Å²) < 4.78 is 16.2. The molecule has 0 aliphatic carbocycles. The Morgan fingerprint density at radius 3 is 2.33 bits per heavy atom. The second-order valence-electron chi connectivity index (χ2n) is 8.87. The van der Waals surface area contributed by atoms with E-state index in [9.17, 15) is 9.59 Å². The van der Waals surface area contributed by atoms with Gasteiger partial charge in [0.15, 0.2) is 11.5 Å². The number of fused-ring (bicyclic) bond motifs is 1. The minimum absolute atomic E-state index is 0.0244. The molecule has 194 valence electrons. The predicted octanol–water partition coefficient (Wildman–Crippen LogP) is 2.61. The maximum Gasteiger partial charge on any atom is 0.286 e. The van der Waals surface area contributed by atoms with Crippen LogP contribution in [-0.2, 0) is 6.54 Å². The third-order valence-electron chi connectivity index (χ3n) is 5.90. The third-order valence-corrected chi connectivity index (χ3v) is 5.90. The first-order chi connectivity index (χ1) is 17.2. The highest BCUT2D eigenvalue weighted by atomic mass is 16.5. The summed E-state index contributed by atoms with van der Waals surface area (Å²) in [6.07, 6.45) is 0.903. The first-order valence-corrected chi connectivity index (χ1v) is 11.6. The minimum atomic E-state index is -0.452. The van der Waals surface area contributed by atoms with E-state index >= 15 is 0 Å². The molecule has 10 nitrogen and oxygen atoms in total. The van der Waals surface area contributed by atoms with E-state index in [1.807, 2.05) is 57.4 Å². The molecule has 36 heavy (non-hydrogen) atoms. The number of H-pyrrole nitrogens is 1. The third kappa shape index (κ3) is 5.88. The van der Waals surface area contributed by atoms with Crippen LogP contribution in [-0.4, -0.2) is 88.3 Å². The van der Waals surface area contributed by atoms with E-state index in [4.69, 9.17) is 14.2 Å². The Morgan fingerprint density at radius 1 is 0.972 bits per heavy atom. The molecule has 0 spiro atoms. The number of hydrogen-bond donors (Lipinski definition) is 1. The molecule has 0 saturated carbocycles. The highest BCUT2D eigenvalue weighted by Crippen LogP contribution is 2.41. The molecule has 0 bridgehead atoms. The quantitative estimate of drug-likeness (QED) is 0.432. The molecule has 2 aromatic carbocycles. The van der Waals surface area contributed by atoms with Gasteiger partial charge in [0.05, 0.1) is 26.8 Å². The van der Waals surface area contributed by atoms with E-state index < -0.39 is 5.56 Å². The van der Waals surface area contributed by atoms with Gasteiger partial charge in [-0.15, -0.1) is 0 Å². The molecule has 0 radical (unpaired) electrons. The Morgan fingerprint density at radius 2 is 1.69 bits per heavy atom. The van der Waals surface area contributed by atoms with Gasteiger partial charge < -0.3 is 33.9 Å². The van der Waals surface area contributed by atoms with Crippen LogP contribution < -0.4 is 24.7 Å². The standard InChI is InChI=1S/C26H35N5O5/c1-29(2)12-9-13-30(3)25(33)18-11-8-10-17(14-18)16-31(4)26-27-19-15-20(34-5)22(35-6)23(36-7)21(19)24(32)28-26/h8,10-11,14-15H,9,12-13,16H2,1-7H3,(H,27,28,32). The van der Waals surface area contributed by atoms with Crippen LogP contribution in [0.5, 0.6) is 17.2 Å². The molecule has 3 rings (SSSR count). The zero-order valence-corrected chi connectivity index (χ0v) is 22.0. The molecule has 0 atom stereocenters. The summed E-state index contributed by atoms with van der Waals surface area (Å²) in [5.74, 6) is 1.37. The molecule has 10 heteroatoms. The van der Waals surface area contributed by atoms with Crippen LogP contribution in [0.15, 0.2) is 35.1 Å². The molecule has 1 heterocycles. The second-order valence-corrected chi connectivity index (χ2v) is 8.87. The number of benzene rings is 2. The van der Waals surface area contributed by atoms with Crippen LogP contribution in [0.2, 0.25) is 0 Å². The number of nitrogens with one attached hydrogen (secondary N) is 1. The van der Waals surface area contributed by atoms with E-state index in [-0.39, 0.29) is 17.0 Å². The van der Waals surface area contributed by atoms with Crippen molar-refractivity contribution in [1.29, 1.82) is 0 Å². The Balaban J connectivity index is 1.85. The number of anilines is 1. The normalized spacial score (nSPS) is 11.0. The van der Waals surface area contributed by atoms with Crippen LogP contribution in [0, 0.1) is 0 Å². The van der Waals surface area contributed by atoms with Crippen molar-refractivity contribution in [3.8, 4) is 17.2 Å². The summed E-state index contributed by atoms with van der Waals surface area (Å²) in [6.45, 7) is 2.04. The highest BCUT2D eigenvalue weighted by Gasteiger charge is 2.21. The number of methoxy groups -OCH3 is 3. The highest BCUT2D eigenvalue weighted by molar-refractivity contribution is 5.94. The van der Waals surface area contributed by atoms with Gasteiger partial charge in [0.25, 0.3) is 11.5 Å². The fourth-order valence-electron chi connectivity index (χ4n) is 4.05. The number of carbonyl (C=O) groups is 1. The lowest BCUT2D eigenvalue weighted by atomic mass is 10.1. The average molecular weight is 498 g/mol. The molecule has 1 amide bonds. The van der Waals surface area contributed by atoms with Crippen molar-refractivity contribution < 1.29 is 19.0 Å². The number of aromatic amines is 1. The molecule has 0 aliphatic heterocycles. The van der Waals surface area contributed by atoms with E-state index in [2.05, 4.69) is 14.9 Å². The summed E-state index contributed by atoms with van der Waals surface area (Å²) in [5, 5.41) is 0.275. The molecular formula is C26H35N5O5. The van der Waals surface area contributed by atoms with Crippen LogP contribution >= 0.6 is 0 Å². The van der Waals surface area contributed by atoms with E-state index in [0.29, 0.717) is 41.6 Å². The summed E-state index contributed by atoms with van der Waals surface area (Å²) >= 11 is 0. The molecule has 0 aliphatic rings. The maximum atomic E-state index is 13.0. The van der Waals surface area contributed by atoms with Gasteiger partial charge in [-0.2, -0.15) is 4.98 Å². The molecule has 0 saturated heterocycles. The largest absolute Gasteiger partial charge is 0.493 e. The van der Waals surface area contributed by atoms with Gasteiger partial charge in [0.1, 0.15) is 5.39 Å². The zero-order chi connectivity index (χ0) is 26.4. The first-order valence-electron chi connectivity index (χ1n) is 11.6. The van der Waals surface area contributed by atoms with E-state index in [0.717, 1.165) is 18.5 Å². The summed E-state index contributed by atoms with van der Waals surface area (Å²) in [6, 6.07) is 9.17. The molecule has 0 fully saturated rings. The Bertz CT molecular complexity index is 1270. The van der Waals surface area contributed by atoms with E-state index in [1.54, 1.807) is 11.0 Å². The average Bonchev–Trinajstić information content (AvgIpc) is 2.86. The summed E-state index contributed by atoms with van der Waals surface area (Å²) in [5.41, 5.74) is 1.59. The second kappa shape index (κ2) is 11.8. The molecular weight excluding hydrogens is 462 g/mol. The van der Waals surface area contributed by atoms with Gasteiger partial charge >= 0.3 is 0 Å². The van der Waals surface area contributed by atoms with Gasteiger partial charge in [-0.3, -0.25) is 9.59 Å². The van der Waals surface area contributed by atoms with Crippen LogP contribution in [0.4, 0.5) is 5.95 Å². The number of hydrogen-bond acceptors (Lipinski definition) is 8. The van der Waals surface area contributed by atoms with Crippen molar-refractivity contribution in [2.24, 2.45) is 0 Å². The Labute approximate surface area is 211 Å². The summed E-state index contributed by atoms with van der Waals surface area (Å²) in [4.78, 5) is 38.9. The Hall–Kier alpha value is -3.79. The molecule has 1 aromatic heterocycles. The van der Waals surface area contributed by atoms with Gasteiger partial charge in [-0.05, 0) is 44.8 Å². The number of carbonyl (C=O) groups excluding carboxylic acids is 1. The fraction of sp³-hybridized carbons (Fsp3) is 0.423. The first kappa shape index (κ1) is 26.8. The molecule has 1 N–H and O–H groups in total. The number of nitrogens with zero attached hydrogens (tertiary/aromatic N) is 4. The maximum absolute atomic E-state index is 13.0. The lowest BCUT2D eigenvalue weighted by Crippen LogP contribution is -2.30. The molecule has 3 aromatic rings. The van der Waals surface area contributed by atoms with Crippen LogP contribution in [0.1, 0.15) is 22.3 Å². The van der Waals surface area contributed by atoms with Crippen LogP contribution in [0.25, 0.3) is 10.9 Å². The number of amides is 1. The van der Waals surface area contributed by atoms with Gasteiger partial charge in [0.2, 0.25) is 11.7 Å². The zero-order valence-electron chi connectivity index (χ0n) is 22.0. The lowest BCUT2D eigenvalue weighted by molar-refractivity contribution is 0.0790. The van der Waals surface area contributed by atoms with Crippen LogP contribution in [0.3, 0.4) is 0 Å². The van der Waals surface area contributed by atoms with Crippen molar-refractivity contribution in [3.05, 3.63) is 51.8 Å². The van der Waals surface area contributed by atoms with Gasteiger partial charge in [-0.25, -0.2) is 0 Å². The minimum Gasteiger partial charge on any atom is -0.493 e. The van der Waals surface area contributed by atoms with Gasteiger partial charge in [0, 0.05) is 38.8 Å². The van der Waals surface area contributed by atoms with Crippen molar-refractivity contribution in [1.82, 2.24) is 19.8 Å². The Kier molecular flexibility index (Phi) is 8.76. The topological polar surface area (TPSA) is 100 Å². The van der Waals surface area contributed by atoms with E-state index in [1.165, 1.54) is 21.3 Å². The van der Waals surface area contributed by atoms with Crippen molar-refractivity contribution in [2.45, 2.75) is 13.0 Å². The van der Waals surface area contributed by atoms with Gasteiger partial charge in [-0.1, -0.05) is 12.1 Å². The summed E-state index contributed by atoms with van der Waals surface area (Å²) in [7, 11) is 12.1. The molecule has 0 unspecified atom stereocenters. The number of ether oxygens (including phenoxy) is 3. The van der Waals surface area contributed by atoms with Crippen molar-refractivity contribution in [3.63, 3.8) is 0 Å².